The number of Topliss-reactive ketones (excluding diaryl/α,β-unsaturated/α-hetero) is 1. The molecule has 2 unspecified atom stereocenters. The Labute approximate surface area is 211 Å². The van der Waals surface area contributed by atoms with Crippen LogP contribution in [-0.2, 0) is 32.7 Å². The molecular formula is C24H42B3FO7. The number of hydrogen-bond donors (Lipinski definition) is 0. The Morgan fingerprint density at radius 2 is 1.57 bits per heavy atom. The molecular weight excluding hydrogens is 452 g/mol. The first-order valence-corrected chi connectivity index (χ1v) is 12.9. The van der Waals surface area contributed by atoms with Crippen molar-refractivity contribution in [2.45, 2.75) is 129 Å². The molecule has 0 aromatic heterocycles. The Morgan fingerprint density at radius 1 is 0.971 bits per heavy atom. The van der Waals surface area contributed by atoms with E-state index in [0.29, 0.717) is 31.3 Å². The maximum atomic E-state index is 14.7. The summed E-state index contributed by atoms with van der Waals surface area (Å²) in [6.45, 7) is 20.2. The zero-order valence-corrected chi connectivity index (χ0v) is 23.2. The predicted octanol–water partition coefficient (Wildman–Crippen LogP) is 4.85. The summed E-state index contributed by atoms with van der Waals surface area (Å²) in [4.78, 5) is 12.0. The van der Waals surface area contributed by atoms with E-state index >= 15 is 0 Å². The van der Waals surface area contributed by atoms with E-state index in [0.717, 1.165) is 6.42 Å². The van der Waals surface area contributed by atoms with Crippen LogP contribution in [0, 0.1) is 0 Å². The Hall–Kier alpha value is -0.705. The van der Waals surface area contributed by atoms with Gasteiger partial charge in [-0.25, -0.2) is 4.39 Å². The molecule has 0 aromatic carbocycles. The first-order chi connectivity index (χ1) is 16.0. The van der Waals surface area contributed by atoms with Crippen LogP contribution in [0.5, 0.6) is 0 Å². The topological polar surface area (TPSA) is 72.5 Å². The summed E-state index contributed by atoms with van der Waals surface area (Å²) >= 11 is 0. The second-order valence-corrected chi connectivity index (χ2v) is 12.0. The van der Waals surface area contributed by atoms with Crippen molar-refractivity contribution in [3.63, 3.8) is 0 Å². The molecule has 2 saturated heterocycles. The fourth-order valence-electron chi connectivity index (χ4n) is 4.83. The van der Waals surface area contributed by atoms with Gasteiger partial charge in [-0.15, -0.1) is 0 Å². The summed E-state index contributed by atoms with van der Waals surface area (Å²) in [5.74, 6) is -1.20. The first-order valence-electron chi connectivity index (χ1n) is 12.9. The minimum atomic E-state index is -0.908. The third-order valence-electron chi connectivity index (χ3n) is 8.28. The third kappa shape index (κ3) is 5.60. The molecule has 11 heteroatoms. The van der Waals surface area contributed by atoms with Gasteiger partial charge in [0, 0.05) is 25.0 Å². The Balaban J connectivity index is 1.84. The number of halogens is 1. The maximum Gasteiger partial charge on any atom is 0.493 e. The van der Waals surface area contributed by atoms with Crippen molar-refractivity contribution in [1.29, 1.82) is 0 Å². The van der Waals surface area contributed by atoms with Gasteiger partial charge >= 0.3 is 21.1 Å². The van der Waals surface area contributed by atoms with Gasteiger partial charge in [0.25, 0.3) is 0 Å². The zero-order chi connectivity index (χ0) is 26.4. The first kappa shape index (κ1) is 28.9. The number of carbonyl (C=O) groups is 1. The predicted molar refractivity (Wildman–Crippen MR) is 135 cm³/mol. The Bertz CT molecular complexity index is 849. The van der Waals surface area contributed by atoms with Crippen molar-refractivity contribution in [1.82, 2.24) is 0 Å². The van der Waals surface area contributed by atoms with Crippen LogP contribution < -0.4 is 0 Å². The maximum absolute atomic E-state index is 14.7. The number of carbonyl (C=O) groups excluding carboxylic acids is 1. The highest BCUT2D eigenvalue weighted by Crippen LogP contribution is 2.51. The summed E-state index contributed by atoms with van der Waals surface area (Å²) in [5.41, 5.74) is -3.23. The minimum Gasteiger partial charge on any atom is -0.414 e. The van der Waals surface area contributed by atoms with E-state index < -0.39 is 60.8 Å². The molecule has 3 rings (SSSR count). The van der Waals surface area contributed by atoms with Crippen LogP contribution >= 0.6 is 0 Å². The van der Waals surface area contributed by atoms with Crippen molar-refractivity contribution in [3.05, 3.63) is 11.3 Å². The number of allylic oxidation sites excluding steroid dienone is 2. The number of hydrogen-bond acceptors (Lipinski definition) is 7. The summed E-state index contributed by atoms with van der Waals surface area (Å²) in [7, 11) is -2.34. The quantitative estimate of drug-likeness (QED) is 0.425. The van der Waals surface area contributed by atoms with E-state index in [-0.39, 0.29) is 6.42 Å². The van der Waals surface area contributed by atoms with Gasteiger partial charge in [-0.1, -0.05) is 6.92 Å². The lowest BCUT2D eigenvalue weighted by Crippen LogP contribution is -2.56. The highest BCUT2D eigenvalue weighted by atomic mass is 19.1. The summed E-state index contributed by atoms with van der Waals surface area (Å²) in [5, 5.41) is 0. The minimum absolute atomic E-state index is 0.222. The van der Waals surface area contributed by atoms with Crippen LogP contribution in [0.25, 0.3) is 0 Å². The highest BCUT2D eigenvalue weighted by Gasteiger charge is 2.65. The van der Waals surface area contributed by atoms with E-state index in [1.807, 2.05) is 62.3 Å². The van der Waals surface area contributed by atoms with E-state index in [4.69, 9.17) is 27.9 Å². The SMILES string of the molecule is CCOB(OC(C)(C)CC)B1OC(C)(C)C(C)(CC2(C)OB(C3=C(F)C(=O)CCC3)OC2(C)C)O1. The third-order valence-corrected chi connectivity index (χ3v) is 8.28. The lowest BCUT2D eigenvalue weighted by atomic mass is 9.48. The molecule has 0 saturated carbocycles. The smallest absolute Gasteiger partial charge is 0.414 e. The second kappa shape index (κ2) is 9.88. The van der Waals surface area contributed by atoms with Crippen molar-refractivity contribution >= 4 is 26.9 Å². The van der Waals surface area contributed by atoms with Crippen molar-refractivity contribution in [2.75, 3.05) is 6.61 Å². The number of rotatable bonds is 9. The van der Waals surface area contributed by atoms with Gasteiger partial charge in [-0.05, 0) is 87.0 Å². The van der Waals surface area contributed by atoms with E-state index in [2.05, 4.69) is 6.92 Å². The molecule has 0 aromatic rings. The van der Waals surface area contributed by atoms with Gasteiger partial charge in [0.1, 0.15) is 0 Å². The molecule has 0 radical (unpaired) electrons. The Kier molecular flexibility index (Phi) is 8.14. The van der Waals surface area contributed by atoms with Gasteiger partial charge < -0.3 is 27.9 Å². The number of ketones is 1. The van der Waals surface area contributed by atoms with Crippen LogP contribution in [0.1, 0.15) is 101 Å². The molecule has 7 nitrogen and oxygen atoms in total. The largest absolute Gasteiger partial charge is 0.493 e. The average molecular weight is 494 g/mol. The van der Waals surface area contributed by atoms with Crippen LogP contribution in [0.4, 0.5) is 4.39 Å². The molecule has 0 bridgehead atoms. The molecule has 1 aliphatic carbocycles. The fraction of sp³-hybridized carbons (Fsp3) is 0.875. The van der Waals surface area contributed by atoms with Crippen molar-refractivity contribution in [3.8, 4) is 0 Å². The van der Waals surface area contributed by atoms with Gasteiger partial charge in [-0.3, -0.25) is 4.79 Å². The van der Waals surface area contributed by atoms with Gasteiger partial charge in [0.15, 0.2) is 11.6 Å². The monoisotopic (exact) mass is 494 g/mol. The molecule has 2 fully saturated rings. The molecule has 2 atom stereocenters. The standard InChI is InChI=1S/C24H42B3FO7/c1-11-20(3,4)31-26(30-12-2)27-33-22(7,8)24(10,35-27)16-23(9)21(5,6)32-25(34-23)17-14-13-15-18(29)19(17)28/h11-16H2,1-10H3. The van der Waals surface area contributed by atoms with E-state index in [1.165, 1.54) is 0 Å². The highest BCUT2D eigenvalue weighted by molar-refractivity contribution is 7.11. The van der Waals surface area contributed by atoms with Gasteiger partial charge in [-0.2, -0.15) is 0 Å². The lowest BCUT2D eigenvalue weighted by Gasteiger charge is -2.46. The summed E-state index contributed by atoms with van der Waals surface area (Å²) in [6, 6.07) is 0. The molecule has 2 heterocycles. The molecule has 0 spiro atoms. The Morgan fingerprint density at radius 3 is 2.17 bits per heavy atom. The van der Waals surface area contributed by atoms with Crippen molar-refractivity contribution in [2.24, 2.45) is 0 Å². The average Bonchev–Trinajstić information content (AvgIpc) is 3.11. The molecule has 196 valence electrons. The van der Waals surface area contributed by atoms with Gasteiger partial charge in [0.05, 0.1) is 22.4 Å². The molecule has 2 aliphatic heterocycles. The van der Waals surface area contributed by atoms with Crippen molar-refractivity contribution < 1.29 is 37.1 Å². The van der Waals surface area contributed by atoms with E-state index in [1.54, 1.807) is 0 Å². The fourth-order valence-corrected chi connectivity index (χ4v) is 4.83. The molecule has 0 amide bonds. The van der Waals surface area contributed by atoms with Gasteiger partial charge in [0.2, 0.25) is 0 Å². The molecule has 3 aliphatic rings. The zero-order valence-electron chi connectivity index (χ0n) is 23.2. The summed E-state index contributed by atoms with van der Waals surface area (Å²) < 4.78 is 52.4. The van der Waals surface area contributed by atoms with Crippen LogP contribution in [0.15, 0.2) is 11.3 Å². The van der Waals surface area contributed by atoms with Crippen LogP contribution in [0.3, 0.4) is 0 Å². The normalized spacial score (nSPS) is 31.0. The second-order valence-electron chi connectivity index (χ2n) is 12.0. The summed E-state index contributed by atoms with van der Waals surface area (Å²) in [6.07, 6.45) is 2.47. The lowest BCUT2D eigenvalue weighted by molar-refractivity contribution is -0.117. The molecule has 35 heavy (non-hydrogen) atoms. The van der Waals surface area contributed by atoms with Crippen LogP contribution in [-0.4, -0.2) is 61.5 Å². The molecule has 0 N–H and O–H groups in total. The van der Waals surface area contributed by atoms with E-state index in [9.17, 15) is 9.18 Å². The van der Waals surface area contributed by atoms with Crippen LogP contribution in [0.2, 0.25) is 0 Å².